The van der Waals surface area contributed by atoms with Crippen molar-refractivity contribution in [2.75, 3.05) is 32.6 Å². The van der Waals surface area contributed by atoms with Crippen LogP contribution in [0, 0.1) is 0 Å². The van der Waals surface area contributed by atoms with Crippen LogP contribution in [0.3, 0.4) is 0 Å². The average Bonchev–Trinajstić information content (AvgIpc) is 3.45. The van der Waals surface area contributed by atoms with E-state index in [4.69, 9.17) is 15.2 Å². The van der Waals surface area contributed by atoms with Gasteiger partial charge in [0.25, 0.3) is 5.91 Å². The van der Waals surface area contributed by atoms with E-state index in [-0.39, 0.29) is 23.6 Å². The molecule has 0 saturated carbocycles. The number of amides is 2. The number of aromatic nitrogens is 4. The van der Waals surface area contributed by atoms with Crippen molar-refractivity contribution in [2.45, 2.75) is 38.8 Å². The highest BCUT2D eigenvalue weighted by Gasteiger charge is 2.32. The molecule has 34 heavy (non-hydrogen) atoms. The number of nitrogens with zero attached hydrogens (tertiary/aromatic N) is 6. The lowest BCUT2D eigenvalue weighted by Crippen LogP contribution is -2.35. The van der Waals surface area contributed by atoms with Crippen LogP contribution in [-0.4, -0.2) is 75.7 Å². The molecule has 1 aliphatic rings. The van der Waals surface area contributed by atoms with Crippen LogP contribution in [0.25, 0.3) is 11.5 Å². The van der Waals surface area contributed by atoms with Gasteiger partial charge in [0.05, 0.1) is 13.2 Å². The van der Waals surface area contributed by atoms with E-state index >= 15 is 0 Å². The van der Waals surface area contributed by atoms with Crippen LogP contribution >= 0.6 is 0 Å². The minimum Gasteiger partial charge on any atom is -0.482 e. The summed E-state index contributed by atoms with van der Waals surface area (Å²) in [5.41, 5.74) is 5.78. The number of hydrogen-bond donors (Lipinski definition) is 2. The molecule has 1 saturated heterocycles. The smallest absolute Gasteiger partial charge is 0.410 e. The monoisotopic (exact) mass is 470 g/mol. The number of ether oxygens (including phenoxy) is 2. The van der Waals surface area contributed by atoms with Gasteiger partial charge in [0.15, 0.2) is 11.7 Å². The first-order valence-electron chi connectivity index (χ1n) is 10.7. The van der Waals surface area contributed by atoms with Crippen molar-refractivity contribution in [3.05, 3.63) is 36.0 Å². The maximum absolute atomic E-state index is 12.6. The van der Waals surface area contributed by atoms with E-state index in [1.54, 1.807) is 29.4 Å². The van der Waals surface area contributed by atoms with Crippen LogP contribution in [0.1, 0.15) is 33.2 Å². The van der Waals surface area contributed by atoms with Crippen LogP contribution in [0.4, 0.5) is 10.6 Å². The van der Waals surface area contributed by atoms with E-state index in [0.717, 1.165) is 6.42 Å². The van der Waals surface area contributed by atoms with E-state index in [0.29, 0.717) is 30.4 Å². The highest BCUT2D eigenvalue weighted by Crippen LogP contribution is 2.27. The minimum atomic E-state index is -0.558. The van der Waals surface area contributed by atoms with Gasteiger partial charge in [-0.1, -0.05) is 6.07 Å². The summed E-state index contributed by atoms with van der Waals surface area (Å²) < 4.78 is 12.3. The van der Waals surface area contributed by atoms with E-state index in [2.05, 4.69) is 25.5 Å². The molecule has 12 heteroatoms. The number of pyridine rings is 1. The minimum absolute atomic E-state index is 0.0330. The Morgan fingerprint density at radius 3 is 2.76 bits per heavy atom. The molecule has 3 N–H and O–H groups in total. The number of aliphatic imine (C=N–C) groups is 1. The third kappa shape index (κ3) is 5.88. The topological polar surface area (TPSA) is 150 Å². The molecule has 2 aromatic rings. The zero-order valence-corrected chi connectivity index (χ0v) is 20.0. The molecule has 1 aliphatic heterocycles. The quantitative estimate of drug-likeness (QED) is 0.370. The Balaban J connectivity index is 1.77. The molecule has 0 radical (unpaired) electrons. The highest BCUT2D eigenvalue weighted by molar-refractivity contribution is 6.17. The summed E-state index contributed by atoms with van der Waals surface area (Å²) >= 11 is 0. The summed E-state index contributed by atoms with van der Waals surface area (Å²) in [6, 6.07) is 5.13. The molecule has 2 aromatic heterocycles. The molecule has 2 amide bonds. The SMILES string of the molecule is CN=C/C(C(=O)Nc1cccc(-c2nncn2C2CCN(C(=O)OC(C)(C)C)C2)n1)=C(\N)OC. The number of nitrogens with one attached hydrogen (secondary N) is 1. The van der Waals surface area contributed by atoms with Crippen molar-refractivity contribution in [2.24, 2.45) is 10.7 Å². The van der Waals surface area contributed by atoms with Gasteiger partial charge in [-0.3, -0.25) is 9.79 Å². The molecule has 3 rings (SSSR count). The van der Waals surface area contributed by atoms with Crippen LogP contribution in [0.5, 0.6) is 0 Å². The number of hydrogen-bond acceptors (Lipinski definition) is 9. The predicted octanol–water partition coefficient (Wildman–Crippen LogP) is 1.98. The normalized spacial score (nSPS) is 17.0. The van der Waals surface area contributed by atoms with E-state index in [1.165, 1.54) is 20.4 Å². The van der Waals surface area contributed by atoms with E-state index < -0.39 is 11.5 Å². The number of nitrogens with two attached hydrogens (primary N) is 1. The number of anilines is 1. The second-order valence-electron chi connectivity index (χ2n) is 8.66. The van der Waals surface area contributed by atoms with Gasteiger partial charge in [0.2, 0.25) is 0 Å². The maximum Gasteiger partial charge on any atom is 0.410 e. The van der Waals surface area contributed by atoms with Gasteiger partial charge in [-0.15, -0.1) is 10.2 Å². The highest BCUT2D eigenvalue weighted by atomic mass is 16.6. The molecule has 1 fully saturated rings. The number of methoxy groups -OCH3 is 1. The van der Waals surface area contributed by atoms with Crippen LogP contribution in [0.15, 0.2) is 41.0 Å². The van der Waals surface area contributed by atoms with Crippen LogP contribution in [0.2, 0.25) is 0 Å². The molecule has 0 aromatic carbocycles. The van der Waals surface area contributed by atoms with Crippen molar-refractivity contribution in [1.82, 2.24) is 24.6 Å². The van der Waals surface area contributed by atoms with Gasteiger partial charge in [-0.05, 0) is 39.3 Å². The fourth-order valence-corrected chi connectivity index (χ4v) is 3.44. The summed E-state index contributed by atoms with van der Waals surface area (Å²) in [5, 5.41) is 11.0. The van der Waals surface area contributed by atoms with Gasteiger partial charge < -0.3 is 30.0 Å². The molecular formula is C22H30N8O4. The first kappa shape index (κ1) is 24.7. The summed E-state index contributed by atoms with van der Waals surface area (Å²) in [5.74, 6) is 0.244. The Bertz CT molecular complexity index is 1100. The Morgan fingerprint density at radius 1 is 1.32 bits per heavy atom. The largest absolute Gasteiger partial charge is 0.482 e. The lowest BCUT2D eigenvalue weighted by molar-refractivity contribution is -0.112. The van der Waals surface area contributed by atoms with Crippen molar-refractivity contribution < 1.29 is 19.1 Å². The second kappa shape index (κ2) is 10.3. The summed E-state index contributed by atoms with van der Waals surface area (Å²) in [7, 11) is 2.89. The molecule has 1 atom stereocenters. The predicted molar refractivity (Wildman–Crippen MR) is 126 cm³/mol. The van der Waals surface area contributed by atoms with Crippen molar-refractivity contribution in [1.29, 1.82) is 0 Å². The number of likely N-dealkylation sites (tertiary alicyclic amines) is 1. The first-order chi connectivity index (χ1) is 16.1. The number of carbonyl (C=O) groups is 2. The van der Waals surface area contributed by atoms with Gasteiger partial charge in [-0.25, -0.2) is 9.78 Å². The number of carbonyl (C=O) groups excluding carboxylic acids is 2. The molecule has 0 spiro atoms. The van der Waals surface area contributed by atoms with Gasteiger partial charge >= 0.3 is 6.09 Å². The molecule has 12 nitrogen and oxygen atoms in total. The summed E-state index contributed by atoms with van der Waals surface area (Å²) in [4.78, 5) is 35.1. The fraction of sp³-hybridized carbons (Fsp3) is 0.455. The number of rotatable bonds is 6. The second-order valence-corrected chi connectivity index (χ2v) is 8.66. The zero-order valence-electron chi connectivity index (χ0n) is 20.0. The molecule has 3 heterocycles. The third-order valence-corrected chi connectivity index (χ3v) is 4.99. The van der Waals surface area contributed by atoms with Crippen molar-refractivity contribution in [3.63, 3.8) is 0 Å². The fourth-order valence-electron chi connectivity index (χ4n) is 3.44. The van der Waals surface area contributed by atoms with Crippen LogP contribution < -0.4 is 11.1 Å². The Morgan fingerprint density at radius 2 is 2.09 bits per heavy atom. The first-order valence-corrected chi connectivity index (χ1v) is 10.7. The Labute approximate surface area is 197 Å². The third-order valence-electron chi connectivity index (χ3n) is 4.99. The standard InChI is InChI=1S/C22H30N8O4/c1-22(2,3)34-21(32)29-10-9-14(12-29)30-13-25-28-19(30)16-7-6-8-17(26-16)27-20(31)15(11-24-4)18(23)33-5/h6-8,11,13-14H,9-10,12,23H2,1-5H3,(H,26,27,31)/b18-15-,24-11?. The molecule has 182 valence electrons. The van der Waals surface area contributed by atoms with E-state index in [9.17, 15) is 9.59 Å². The molecule has 0 bridgehead atoms. The lowest BCUT2D eigenvalue weighted by Gasteiger charge is -2.24. The Kier molecular flexibility index (Phi) is 7.49. The Hall–Kier alpha value is -3.96. The van der Waals surface area contributed by atoms with Gasteiger partial charge in [0, 0.05) is 26.4 Å². The van der Waals surface area contributed by atoms with Crippen LogP contribution in [-0.2, 0) is 14.3 Å². The lowest BCUT2D eigenvalue weighted by atomic mass is 10.2. The summed E-state index contributed by atoms with van der Waals surface area (Å²) in [6.07, 6.45) is 3.30. The van der Waals surface area contributed by atoms with Gasteiger partial charge in [0.1, 0.15) is 29.0 Å². The van der Waals surface area contributed by atoms with Crippen molar-refractivity contribution >= 4 is 24.0 Å². The van der Waals surface area contributed by atoms with Gasteiger partial charge in [-0.2, -0.15) is 0 Å². The zero-order chi connectivity index (χ0) is 24.9. The molecule has 1 unspecified atom stereocenters. The van der Waals surface area contributed by atoms with Crippen molar-refractivity contribution in [3.8, 4) is 11.5 Å². The average molecular weight is 471 g/mol. The maximum atomic E-state index is 12.6. The molecular weight excluding hydrogens is 440 g/mol. The van der Waals surface area contributed by atoms with E-state index in [1.807, 2.05) is 25.3 Å². The summed E-state index contributed by atoms with van der Waals surface area (Å²) in [6.45, 7) is 6.55. The molecule has 0 aliphatic carbocycles.